The van der Waals surface area contributed by atoms with E-state index in [-0.39, 0.29) is 5.91 Å². The Morgan fingerprint density at radius 3 is 2.46 bits per heavy atom. The Morgan fingerprint density at radius 2 is 1.79 bits per heavy atom. The number of rotatable bonds is 4. The summed E-state index contributed by atoms with van der Waals surface area (Å²) in [6, 6.07) is 21.7. The topological polar surface area (TPSA) is 55.3 Å². The van der Waals surface area contributed by atoms with Gasteiger partial charge in [0.05, 0.1) is 12.8 Å². The molecule has 1 aromatic heterocycles. The number of amides is 1. The van der Waals surface area contributed by atoms with E-state index in [4.69, 9.17) is 4.74 Å². The van der Waals surface area contributed by atoms with Crippen LogP contribution < -0.4 is 4.74 Å². The summed E-state index contributed by atoms with van der Waals surface area (Å²) in [6.07, 6.45) is 2.16. The van der Waals surface area contributed by atoms with E-state index in [2.05, 4.69) is 34.5 Å². The molecular weight excluding hydrogens is 350 g/mol. The van der Waals surface area contributed by atoms with Gasteiger partial charge in [-0.05, 0) is 36.6 Å². The third-order valence-corrected chi connectivity index (χ3v) is 5.26. The lowest BCUT2D eigenvalue weighted by molar-refractivity contribution is 0.0707. The minimum atomic E-state index is 0.0907. The third kappa shape index (κ3) is 3.88. The molecule has 5 nitrogen and oxygen atoms in total. The highest BCUT2D eigenvalue weighted by molar-refractivity contribution is 5.94. The molecule has 0 N–H and O–H groups in total. The van der Waals surface area contributed by atoms with Crippen molar-refractivity contribution in [1.29, 1.82) is 0 Å². The smallest absolute Gasteiger partial charge is 0.253 e. The SMILES string of the molecule is COc1ccc(-c2ccc(C(=O)N3CCC[C@@H](c4ccccc4)C3)cc2)nn1. The molecule has 28 heavy (non-hydrogen) atoms. The predicted molar refractivity (Wildman–Crippen MR) is 108 cm³/mol. The van der Waals surface area contributed by atoms with Crippen LogP contribution >= 0.6 is 0 Å². The predicted octanol–water partition coefficient (Wildman–Crippen LogP) is 4.17. The summed E-state index contributed by atoms with van der Waals surface area (Å²) in [5, 5.41) is 8.15. The van der Waals surface area contributed by atoms with Crippen LogP contribution in [0.25, 0.3) is 11.3 Å². The first-order chi connectivity index (χ1) is 13.7. The van der Waals surface area contributed by atoms with E-state index in [9.17, 15) is 4.79 Å². The van der Waals surface area contributed by atoms with Crippen molar-refractivity contribution in [3.8, 4) is 17.1 Å². The number of benzene rings is 2. The number of likely N-dealkylation sites (tertiary alicyclic amines) is 1. The van der Waals surface area contributed by atoms with Crippen LogP contribution in [-0.4, -0.2) is 41.2 Å². The quantitative estimate of drug-likeness (QED) is 0.689. The maximum Gasteiger partial charge on any atom is 0.253 e. The fourth-order valence-electron chi connectivity index (χ4n) is 3.71. The lowest BCUT2D eigenvalue weighted by Crippen LogP contribution is -2.39. The van der Waals surface area contributed by atoms with E-state index >= 15 is 0 Å². The number of piperidine rings is 1. The first-order valence-electron chi connectivity index (χ1n) is 9.57. The largest absolute Gasteiger partial charge is 0.480 e. The van der Waals surface area contributed by atoms with Crippen molar-refractivity contribution in [1.82, 2.24) is 15.1 Å². The van der Waals surface area contributed by atoms with Gasteiger partial charge in [0.25, 0.3) is 5.91 Å². The van der Waals surface area contributed by atoms with Gasteiger partial charge in [-0.3, -0.25) is 4.79 Å². The second kappa shape index (κ2) is 8.21. The molecule has 1 saturated heterocycles. The summed E-state index contributed by atoms with van der Waals surface area (Å²) in [4.78, 5) is 15.0. The summed E-state index contributed by atoms with van der Waals surface area (Å²) in [5.41, 5.74) is 3.70. The molecule has 1 amide bonds. The monoisotopic (exact) mass is 373 g/mol. The van der Waals surface area contributed by atoms with Gasteiger partial charge in [-0.1, -0.05) is 42.5 Å². The molecule has 1 aliphatic heterocycles. The van der Waals surface area contributed by atoms with Crippen molar-refractivity contribution in [3.05, 3.63) is 77.9 Å². The lowest BCUT2D eigenvalue weighted by Gasteiger charge is -2.33. The Morgan fingerprint density at radius 1 is 1.00 bits per heavy atom. The highest BCUT2D eigenvalue weighted by Crippen LogP contribution is 2.28. The minimum Gasteiger partial charge on any atom is -0.480 e. The average Bonchev–Trinajstić information content (AvgIpc) is 2.79. The lowest BCUT2D eigenvalue weighted by atomic mass is 9.90. The molecular formula is C23H23N3O2. The maximum absolute atomic E-state index is 13.0. The summed E-state index contributed by atoms with van der Waals surface area (Å²) in [7, 11) is 1.56. The summed E-state index contributed by atoms with van der Waals surface area (Å²) in [5.74, 6) is 0.981. The van der Waals surface area contributed by atoms with Crippen molar-refractivity contribution in [2.24, 2.45) is 0 Å². The zero-order valence-electron chi connectivity index (χ0n) is 15.9. The van der Waals surface area contributed by atoms with E-state index in [1.807, 2.05) is 41.3 Å². The van der Waals surface area contributed by atoms with Gasteiger partial charge in [-0.25, -0.2) is 0 Å². The zero-order valence-corrected chi connectivity index (χ0v) is 15.9. The fraction of sp³-hybridized carbons (Fsp3) is 0.261. The molecule has 0 radical (unpaired) electrons. The normalized spacial score (nSPS) is 16.6. The number of hydrogen-bond donors (Lipinski definition) is 0. The van der Waals surface area contributed by atoms with Gasteiger partial charge in [0.1, 0.15) is 0 Å². The molecule has 142 valence electrons. The van der Waals surface area contributed by atoms with Crippen molar-refractivity contribution in [2.75, 3.05) is 20.2 Å². The first-order valence-corrected chi connectivity index (χ1v) is 9.57. The molecule has 5 heteroatoms. The molecule has 2 aromatic carbocycles. The Balaban J connectivity index is 1.47. The Bertz CT molecular complexity index is 924. The second-order valence-electron chi connectivity index (χ2n) is 7.04. The Labute approximate surface area is 165 Å². The van der Waals surface area contributed by atoms with Crippen LogP contribution in [0.15, 0.2) is 66.7 Å². The molecule has 0 unspecified atom stereocenters. The van der Waals surface area contributed by atoms with Gasteiger partial charge in [0, 0.05) is 36.2 Å². The highest BCUT2D eigenvalue weighted by atomic mass is 16.5. The van der Waals surface area contributed by atoms with E-state index in [0.29, 0.717) is 17.4 Å². The van der Waals surface area contributed by atoms with Gasteiger partial charge in [-0.15, -0.1) is 10.2 Å². The molecule has 1 aliphatic rings. The molecule has 1 atom stereocenters. The zero-order chi connectivity index (χ0) is 19.3. The van der Waals surface area contributed by atoms with Crippen LogP contribution in [0.5, 0.6) is 5.88 Å². The van der Waals surface area contributed by atoms with E-state index in [1.165, 1.54) is 5.56 Å². The number of hydrogen-bond acceptors (Lipinski definition) is 4. The van der Waals surface area contributed by atoms with Crippen LogP contribution in [0.1, 0.15) is 34.7 Å². The summed E-state index contributed by atoms with van der Waals surface area (Å²) < 4.78 is 5.04. The number of ether oxygens (including phenoxy) is 1. The molecule has 4 rings (SSSR count). The Kier molecular flexibility index (Phi) is 5.33. The summed E-state index contributed by atoms with van der Waals surface area (Å²) >= 11 is 0. The van der Waals surface area contributed by atoms with Crippen LogP contribution in [0.4, 0.5) is 0 Å². The number of nitrogens with zero attached hydrogens (tertiary/aromatic N) is 3. The third-order valence-electron chi connectivity index (χ3n) is 5.26. The van der Waals surface area contributed by atoms with E-state index in [1.54, 1.807) is 13.2 Å². The molecule has 0 aliphatic carbocycles. The molecule has 2 heterocycles. The van der Waals surface area contributed by atoms with Crippen molar-refractivity contribution in [2.45, 2.75) is 18.8 Å². The van der Waals surface area contributed by atoms with Gasteiger partial charge >= 0.3 is 0 Å². The Hall–Kier alpha value is -3.21. The van der Waals surface area contributed by atoms with Crippen molar-refractivity contribution < 1.29 is 9.53 Å². The molecule has 3 aromatic rings. The first kappa shape index (κ1) is 18.2. The van der Waals surface area contributed by atoms with Crippen LogP contribution in [0, 0.1) is 0 Å². The average molecular weight is 373 g/mol. The molecule has 1 fully saturated rings. The van der Waals surface area contributed by atoms with E-state index < -0.39 is 0 Å². The van der Waals surface area contributed by atoms with Gasteiger partial charge < -0.3 is 9.64 Å². The summed E-state index contributed by atoms with van der Waals surface area (Å²) in [6.45, 7) is 1.59. The number of carbonyl (C=O) groups is 1. The van der Waals surface area contributed by atoms with Crippen LogP contribution in [0.3, 0.4) is 0 Å². The number of aromatic nitrogens is 2. The van der Waals surface area contributed by atoms with Crippen molar-refractivity contribution >= 4 is 5.91 Å². The highest BCUT2D eigenvalue weighted by Gasteiger charge is 2.25. The van der Waals surface area contributed by atoms with E-state index in [0.717, 1.165) is 37.2 Å². The minimum absolute atomic E-state index is 0.0907. The standard InChI is InChI=1S/C23H23N3O2/c1-28-22-14-13-21(24-25-22)18-9-11-19(12-10-18)23(27)26-15-5-8-20(16-26)17-6-3-2-4-7-17/h2-4,6-7,9-14,20H,5,8,15-16H2,1H3/t20-/m1/s1. The second-order valence-corrected chi connectivity index (χ2v) is 7.04. The number of carbonyl (C=O) groups excluding carboxylic acids is 1. The van der Waals surface area contributed by atoms with Gasteiger partial charge in [0.15, 0.2) is 0 Å². The maximum atomic E-state index is 13.0. The molecule has 0 bridgehead atoms. The molecule has 0 spiro atoms. The van der Waals surface area contributed by atoms with Crippen molar-refractivity contribution in [3.63, 3.8) is 0 Å². The van der Waals surface area contributed by atoms with Crippen LogP contribution in [0.2, 0.25) is 0 Å². The fourth-order valence-corrected chi connectivity index (χ4v) is 3.71. The van der Waals surface area contributed by atoms with Gasteiger partial charge in [-0.2, -0.15) is 0 Å². The van der Waals surface area contributed by atoms with Gasteiger partial charge in [0.2, 0.25) is 5.88 Å². The number of methoxy groups -OCH3 is 1. The van der Waals surface area contributed by atoms with Crippen LogP contribution in [-0.2, 0) is 0 Å². The molecule has 0 saturated carbocycles.